The molecular weight excluding hydrogens is 408 g/mol. The van der Waals surface area contributed by atoms with Crippen LogP contribution in [-0.4, -0.2) is 31.4 Å². The number of benzene rings is 2. The maximum absolute atomic E-state index is 12.6. The molecule has 9 nitrogen and oxygen atoms in total. The summed E-state index contributed by atoms with van der Waals surface area (Å²) in [4.78, 5) is 37.9. The van der Waals surface area contributed by atoms with Crippen LogP contribution >= 0.6 is 11.6 Å². The number of carbonyl (C=O) groups is 2. The molecule has 0 fully saturated rings. The molecule has 0 saturated carbocycles. The van der Waals surface area contributed by atoms with Crippen LogP contribution in [0, 0.1) is 6.92 Å². The summed E-state index contributed by atoms with van der Waals surface area (Å²) in [5.74, 6) is -1.39. The van der Waals surface area contributed by atoms with Gasteiger partial charge < -0.3 is 5.73 Å². The monoisotopic (exact) mass is 420 g/mol. The minimum atomic E-state index is -0.638. The molecule has 0 atom stereocenters. The van der Waals surface area contributed by atoms with Crippen molar-refractivity contribution in [2.24, 2.45) is 0 Å². The van der Waals surface area contributed by atoms with E-state index in [0.717, 1.165) is 16.2 Å². The van der Waals surface area contributed by atoms with Gasteiger partial charge in [-0.3, -0.25) is 24.3 Å². The quantitative estimate of drug-likeness (QED) is 0.478. The predicted molar refractivity (Wildman–Crippen MR) is 110 cm³/mol. The van der Waals surface area contributed by atoms with Gasteiger partial charge in [-0.15, -0.1) is 10.2 Å². The van der Waals surface area contributed by atoms with Crippen LogP contribution in [0.25, 0.3) is 22.4 Å². The first-order valence-electron chi connectivity index (χ1n) is 8.89. The summed E-state index contributed by atoms with van der Waals surface area (Å²) in [6, 6.07) is 11.5. The Balaban J connectivity index is 1.66. The zero-order valence-corrected chi connectivity index (χ0v) is 16.3. The van der Waals surface area contributed by atoms with Gasteiger partial charge in [-0.25, -0.2) is 0 Å². The van der Waals surface area contributed by atoms with E-state index in [4.69, 9.17) is 17.3 Å². The fraction of sp³-hybridized carbons (Fsp3) is 0.0500. The molecule has 4 aromatic rings. The van der Waals surface area contributed by atoms with Crippen molar-refractivity contribution in [2.75, 3.05) is 5.73 Å². The van der Waals surface area contributed by atoms with Gasteiger partial charge in [-0.1, -0.05) is 17.7 Å². The number of nitrogen functional groups attached to an aromatic ring is 1. The van der Waals surface area contributed by atoms with Gasteiger partial charge in [-0.2, -0.15) is 4.80 Å². The molecule has 0 spiro atoms. The van der Waals surface area contributed by atoms with E-state index in [1.54, 1.807) is 24.3 Å². The molecule has 2 aromatic heterocycles. The van der Waals surface area contributed by atoms with Crippen molar-refractivity contribution < 1.29 is 9.59 Å². The number of aromatic nitrogens is 4. The van der Waals surface area contributed by atoms with Gasteiger partial charge in [0.15, 0.2) is 0 Å². The molecular formula is C20H13ClN6O3. The van der Waals surface area contributed by atoms with Gasteiger partial charge in [0.2, 0.25) is 0 Å². The number of rotatable bonds is 2. The molecule has 30 heavy (non-hydrogen) atoms. The molecule has 10 heteroatoms. The van der Waals surface area contributed by atoms with E-state index >= 15 is 0 Å². The topological polar surface area (TPSA) is 125 Å². The van der Waals surface area contributed by atoms with Crippen molar-refractivity contribution in [3.05, 3.63) is 74.5 Å². The molecule has 1 aliphatic heterocycles. The van der Waals surface area contributed by atoms with Gasteiger partial charge in [0, 0.05) is 11.1 Å². The number of pyridine rings is 1. The lowest BCUT2D eigenvalue weighted by atomic mass is 10.1. The zero-order chi connectivity index (χ0) is 21.2. The first-order chi connectivity index (χ1) is 14.3. The number of nitrogens with zero attached hydrogens (tertiary/aromatic N) is 4. The van der Waals surface area contributed by atoms with Gasteiger partial charge in [-0.05, 0) is 42.8 Å². The van der Waals surface area contributed by atoms with E-state index in [0.29, 0.717) is 27.4 Å². The van der Waals surface area contributed by atoms with E-state index in [-0.39, 0.29) is 16.9 Å². The first kappa shape index (κ1) is 18.1. The van der Waals surface area contributed by atoms with Crippen molar-refractivity contribution in [3.8, 4) is 11.4 Å². The number of aryl methyl sites for hydroxylation is 1. The molecule has 3 heterocycles. The van der Waals surface area contributed by atoms with Crippen LogP contribution < -0.4 is 16.6 Å². The van der Waals surface area contributed by atoms with Crippen LogP contribution in [0.3, 0.4) is 0 Å². The van der Waals surface area contributed by atoms with Crippen molar-refractivity contribution in [3.63, 3.8) is 0 Å². The SMILES string of the molecule is Cc1ccc(-n2nc3ccc(-n4c(N)c5c(cc4=O)C(=O)NC5=O)cc3n2)cc1Cl. The zero-order valence-electron chi connectivity index (χ0n) is 15.5. The Bertz CT molecular complexity index is 1470. The lowest BCUT2D eigenvalue weighted by Crippen LogP contribution is -2.24. The molecule has 3 N–H and O–H groups in total. The van der Waals surface area contributed by atoms with Gasteiger partial charge in [0.25, 0.3) is 17.4 Å². The molecule has 5 rings (SSSR count). The van der Waals surface area contributed by atoms with Crippen LogP contribution in [0.15, 0.2) is 47.3 Å². The number of fused-ring (bicyclic) bond motifs is 2. The molecule has 2 amide bonds. The Morgan fingerprint density at radius 3 is 2.43 bits per heavy atom. The van der Waals surface area contributed by atoms with E-state index in [9.17, 15) is 14.4 Å². The van der Waals surface area contributed by atoms with Crippen LogP contribution in [-0.2, 0) is 0 Å². The minimum absolute atomic E-state index is 0.0161. The Hall–Kier alpha value is -3.98. The van der Waals surface area contributed by atoms with Crippen molar-refractivity contribution >= 4 is 40.3 Å². The smallest absolute Gasteiger partial charge is 0.262 e. The highest BCUT2D eigenvalue weighted by Crippen LogP contribution is 2.25. The van der Waals surface area contributed by atoms with Crippen LogP contribution in [0.4, 0.5) is 5.82 Å². The summed E-state index contributed by atoms with van der Waals surface area (Å²) in [6.45, 7) is 1.90. The highest BCUT2D eigenvalue weighted by Gasteiger charge is 2.31. The Morgan fingerprint density at radius 2 is 1.67 bits per heavy atom. The lowest BCUT2D eigenvalue weighted by Gasteiger charge is -2.11. The van der Waals surface area contributed by atoms with Crippen LogP contribution in [0.5, 0.6) is 0 Å². The average Bonchev–Trinajstić information content (AvgIpc) is 3.24. The number of nitrogens with two attached hydrogens (primary N) is 1. The maximum atomic E-state index is 12.6. The summed E-state index contributed by atoms with van der Waals surface area (Å²) in [6.07, 6.45) is 0. The van der Waals surface area contributed by atoms with E-state index in [1.165, 1.54) is 4.80 Å². The Kier molecular flexibility index (Phi) is 3.77. The van der Waals surface area contributed by atoms with Crippen molar-refractivity contribution in [1.29, 1.82) is 0 Å². The number of halogens is 1. The fourth-order valence-corrected chi connectivity index (χ4v) is 3.58. The van der Waals surface area contributed by atoms with Gasteiger partial charge in [0.1, 0.15) is 16.9 Å². The molecule has 0 unspecified atom stereocenters. The maximum Gasteiger partial charge on any atom is 0.262 e. The minimum Gasteiger partial charge on any atom is -0.384 e. The number of carbonyl (C=O) groups excluding carboxylic acids is 2. The average molecular weight is 421 g/mol. The van der Waals surface area contributed by atoms with Gasteiger partial charge in [0.05, 0.1) is 22.5 Å². The number of imide groups is 1. The molecule has 0 saturated heterocycles. The van der Waals surface area contributed by atoms with Crippen LogP contribution in [0.1, 0.15) is 26.3 Å². The molecule has 1 aliphatic rings. The van der Waals surface area contributed by atoms with Crippen molar-refractivity contribution in [1.82, 2.24) is 24.9 Å². The van der Waals surface area contributed by atoms with Crippen molar-refractivity contribution in [2.45, 2.75) is 6.92 Å². The predicted octanol–water partition coefficient (Wildman–Crippen LogP) is 2.00. The number of nitrogens with one attached hydrogen (secondary N) is 1. The van der Waals surface area contributed by atoms with E-state index in [2.05, 4.69) is 15.5 Å². The van der Waals surface area contributed by atoms with Crippen LogP contribution in [0.2, 0.25) is 5.02 Å². The summed E-state index contributed by atoms with van der Waals surface area (Å²) in [7, 11) is 0. The molecule has 148 valence electrons. The molecule has 0 aliphatic carbocycles. The first-order valence-corrected chi connectivity index (χ1v) is 9.26. The second kappa shape index (κ2) is 6.26. The van der Waals surface area contributed by atoms with Gasteiger partial charge >= 0.3 is 0 Å². The summed E-state index contributed by atoms with van der Waals surface area (Å²) in [5, 5.41) is 11.6. The largest absolute Gasteiger partial charge is 0.384 e. The third kappa shape index (κ3) is 2.60. The molecule has 0 radical (unpaired) electrons. The second-order valence-electron chi connectivity index (χ2n) is 6.87. The Morgan fingerprint density at radius 1 is 0.933 bits per heavy atom. The third-order valence-electron chi connectivity index (χ3n) is 4.96. The van der Waals surface area contributed by atoms with E-state index in [1.807, 2.05) is 19.1 Å². The number of amides is 2. The normalized spacial score (nSPS) is 13.0. The lowest BCUT2D eigenvalue weighted by molar-refractivity contribution is 0.0880. The number of anilines is 1. The number of hydrogen-bond donors (Lipinski definition) is 2. The second-order valence-corrected chi connectivity index (χ2v) is 7.28. The summed E-state index contributed by atoms with van der Waals surface area (Å²) < 4.78 is 1.16. The third-order valence-corrected chi connectivity index (χ3v) is 5.37. The standard InChI is InChI=1S/C20H13ClN6O3/c1-9-2-3-11(6-13(9)21)27-24-14-5-4-10(7-15(14)25-27)26-16(28)8-12-17(18(26)22)20(30)23-19(12)29/h2-8H,22H2,1H3,(H,23,29,30). The molecule has 2 aromatic carbocycles. The van der Waals surface area contributed by atoms with E-state index < -0.39 is 17.4 Å². The highest BCUT2D eigenvalue weighted by atomic mass is 35.5. The molecule has 0 bridgehead atoms. The summed E-state index contributed by atoms with van der Waals surface area (Å²) in [5.41, 5.74) is 8.64. The highest BCUT2D eigenvalue weighted by molar-refractivity contribution is 6.31. The fourth-order valence-electron chi connectivity index (χ4n) is 3.41. The Labute approximate surface area is 173 Å². The summed E-state index contributed by atoms with van der Waals surface area (Å²) >= 11 is 6.19. The number of hydrogen-bond acceptors (Lipinski definition) is 6.